The van der Waals surface area contributed by atoms with Gasteiger partial charge in [0.1, 0.15) is 6.54 Å². The van der Waals surface area contributed by atoms with Crippen LogP contribution in [0.5, 0.6) is 5.88 Å². The Morgan fingerprint density at radius 1 is 1.22 bits per heavy atom. The molecule has 0 aliphatic rings. The monoisotopic (exact) mass is 361 g/mol. The SMILES string of the molecule is Cc1ccc2[nH]c(O)c(N=NC(=O)Cn3cnc4ccccc4c3=O)c2c1. The van der Waals surface area contributed by atoms with Crippen LogP contribution in [-0.2, 0) is 11.3 Å². The molecule has 8 heteroatoms. The number of fused-ring (bicyclic) bond motifs is 2. The molecular weight excluding hydrogens is 346 g/mol. The Morgan fingerprint density at radius 3 is 2.89 bits per heavy atom. The smallest absolute Gasteiger partial charge is 0.284 e. The average molecular weight is 361 g/mol. The Labute approximate surface area is 152 Å². The van der Waals surface area contributed by atoms with Crippen molar-refractivity contribution in [1.29, 1.82) is 0 Å². The lowest BCUT2D eigenvalue weighted by Gasteiger charge is -2.03. The van der Waals surface area contributed by atoms with Gasteiger partial charge in [0, 0.05) is 5.39 Å². The summed E-state index contributed by atoms with van der Waals surface area (Å²) in [6.45, 7) is 1.62. The van der Waals surface area contributed by atoms with E-state index < -0.39 is 5.91 Å². The third kappa shape index (κ3) is 3.08. The third-order valence-electron chi connectivity index (χ3n) is 4.21. The zero-order valence-corrected chi connectivity index (χ0v) is 14.4. The van der Waals surface area contributed by atoms with Gasteiger partial charge >= 0.3 is 0 Å². The highest BCUT2D eigenvalue weighted by atomic mass is 16.3. The van der Waals surface area contributed by atoms with Crippen LogP contribution in [0.1, 0.15) is 5.56 Å². The van der Waals surface area contributed by atoms with Crippen LogP contribution in [0.2, 0.25) is 0 Å². The maximum atomic E-state index is 12.4. The van der Waals surface area contributed by atoms with E-state index in [9.17, 15) is 14.7 Å². The van der Waals surface area contributed by atoms with E-state index in [1.165, 1.54) is 10.9 Å². The van der Waals surface area contributed by atoms with Gasteiger partial charge in [-0.05, 0) is 31.2 Å². The first-order valence-corrected chi connectivity index (χ1v) is 8.23. The molecule has 2 aromatic carbocycles. The summed E-state index contributed by atoms with van der Waals surface area (Å²) in [6.07, 6.45) is 1.31. The van der Waals surface area contributed by atoms with Gasteiger partial charge in [-0.3, -0.25) is 14.2 Å². The molecule has 134 valence electrons. The summed E-state index contributed by atoms with van der Waals surface area (Å²) in [5.41, 5.74) is 2.10. The lowest BCUT2D eigenvalue weighted by atomic mass is 10.2. The van der Waals surface area contributed by atoms with Crippen LogP contribution in [0.25, 0.3) is 21.8 Å². The molecule has 27 heavy (non-hydrogen) atoms. The summed E-state index contributed by atoms with van der Waals surface area (Å²) in [7, 11) is 0. The predicted molar refractivity (Wildman–Crippen MR) is 100 cm³/mol. The molecule has 0 aliphatic carbocycles. The first-order chi connectivity index (χ1) is 13.0. The summed E-state index contributed by atoms with van der Waals surface area (Å²) in [4.78, 5) is 31.5. The Hall–Kier alpha value is -3.81. The molecule has 0 radical (unpaired) electrons. The second-order valence-electron chi connectivity index (χ2n) is 6.16. The Bertz CT molecular complexity index is 1270. The van der Waals surface area contributed by atoms with Gasteiger partial charge in [0.25, 0.3) is 11.5 Å². The number of nitrogens with one attached hydrogen (secondary N) is 1. The number of benzene rings is 2. The van der Waals surface area contributed by atoms with Gasteiger partial charge in [-0.2, -0.15) is 0 Å². The van der Waals surface area contributed by atoms with Crippen LogP contribution in [0.3, 0.4) is 0 Å². The molecule has 8 nitrogen and oxygen atoms in total. The number of nitrogens with zero attached hydrogens (tertiary/aromatic N) is 4. The Kier molecular flexibility index (Phi) is 4.00. The lowest BCUT2D eigenvalue weighted by molar-refractivity contribution is -0.118. The normalized spacial score (nSPS) is 11.6. The molecule has 2 aromatic heterocycles. The number of azo groups is 1. The molecule has 0 atom stereocenters. The van der Waals surface area contributed by atoms with Crippen LogP contribution < -0.4 is 5.56 Å². The number of carbonyl (C=O) groups is 1. The second-order valence-corrected chi connectivity index (χ2v) is 6.16. The Balaban J connectivity index is 1.62. The molecular formula is C19H15N5O3. The number of amides is 1. The van der Waals surface area contributed by atoms with E-state index in [1.54, 1.807) is 24.3 Å². The molecule has 4 aromatic rings. The largest absolute Gasteiger partial charge is 0.493 e. The van der Waals surface area contributed by atoms with Crippen molar-refractivity contribution in [3.8, 4) is 5.88 Å². The molecule has 0 unspecified atom stereocenters. The van der Waals surface area contributed by atoms with Crippen molar-refractivity contribution >= 4 is 33.4 Å². The highest BCUT2D eigenvalue weighted by molar-refractivity contribution is 5.94. The number of H-pyrrole nitrogens is 1. The van der Waals surface area contributed by atoms with Gasteiger partial charge < -0.3 is 10.1 Å². The minimum atomic E-state index is -0.629. The van der Waals surface area contributed by atoms with E-state index in [-0.39, 0.29) is 23.7 Å². The number of hydrogen-bond donors (Lipinski definition) is 2. The van der Waals surface area contributed by atoms with Crippen LogP contribution in [0, 0.1) is 6.92 Å². The minimum Gasteiger partial charge on any atom is -0.493 e. The number of aromatic nitrogens is 3. The molecule has 0 aliphatic heterocycles. The van der Waals surface area contributed by atoms with E-state index in [4.69, 9.17) is 0 Å². The van der Waals surface area contributed by atoms with Crippen molar-refractivity contribution in [2.45, 2.75) is 13.5 Å². The number of aryl methyl sites for hydroxylation is 1. The van der Waals surface area contributed by atoms with Gasteiger partial charge in [-0.15, -0.1) is 10.2 Å². The quantitative estimate of drug-likeness (QED) is 0.546. The number of aromatic amines is 1. The maximum Gasteiger partial charge on any atom is 0.284 e. The highest BCUT2D eigenvalue weighted by Gasteiger charge is 2.12. The van der Waals surface area contributed by atoms with Gasteiger partial charge in [-0.25, -0.2) is 4.98 Å². The fourth-order valence-electron chi connectivity index (χ4n) is 2.88. The molecule has 0 saturated heterocycles. The maximum absolute atomic E-state index is 12.4. The van der Waals surface area contributed by atoms with Crippen LogP contribution >= 0.6 is 0 Å². The summed E-state index contributed by atoms with van der Waals surface area (Å²) in [6, 6.07) is 12.4. The minimum absolute atomic E-state index is 0.170. The lowest BCUT2D eigenvalue weighted by Crippen LogP contribution is -2.23. The zero-order valence-electron chi connectivity index (χ0n) is 14.4. The molecule has 0 fully saturated rings. The molecule has 0 bridgehead atoms. The first kappa shape index (κ1) is 16.6. The molecule has 2 heterocycles. The van der Waals surface area contributed by atoms with Gasteiger partial charge in [-0.1, -0.05) is 23.8 Å². The van der Waals surface area contributed by atoms with Crippen molar-refractivity contribution in [1.82, 2.24) is 14.5 Å². The number of rotatable bonds is 3. The predicted octanol–water partition coefficient (Wildman–Crippen LogP) is 3.20. The van der Waals surface area contributed by atoms with E-state index in [2.05, 4.69) is 20.2 Å². The van der Waals surface area contributed by atoms with Crippen molar-refractivity contribution in [2.24, 2.45) is 10.2 Å². The van der Waals surface area contributed by atoms with Gasteiger partial charge in [0.15, 0.2) is 5.69 Å². The summed E-state index contributed by atoms with van der Waals surface area (Å²) in [5, 5.41) is 18.6. The molecule has 0 saturated carbocycles. The summed E-state index contributed by atoms with van der Waals surface area (Å²) >= 11 is 0. The van der Waals surface area contributed by atoms with Gasteiger partial charge in [0.05, 0.1) is 22.7 Å². The summed E-state index contributed by atoms with van der Waals surface area (Å²) < 4.78 is 1.18. The van der Waals surface area contributed by atoms with E-state index >= 15 is 0 Å². The standard InChI is InChI=1S/C19H15N5O3/c1-11-6-7-15-13(8-11)17(18(26)21-15)23-22-16(25)9-24-10-20-14-5-3-2-4-12(14)19(24)27/h2-8,10,21,26H,9H2,1H3. The topological polar surface area (TPSA) is 113 Å². The average Bonchev–Trinajstić information content (AvgIpc) is 2.97. The first-order valence-electron chi connectivity index (χ1n) is 8.23. The number of hydrogen-bond acceptors (Lipinski definition) is 5. The van der Waals surface area contributed by atoms with E-state index in [0.29, 0.717) is 21.8 Å². The Morgan fingerprint density at radius 2 is 2.04 bits per heavy atom. The van der Waals surface area contributed by atoms with Crippen molar-refractivity contribution in [2.75, 3.05) is 0 Å². The molecule has 1 amide bonds. The van der Waals surface area contributed by atoms with Crippen LogP contribution in [0.4, 0.5) is 5.69 Å². The summed E-state index contributed by atoms with van der Waals surface area (Å²) in [5.74, 6) is -0.799. The number of para-hydroxylation sites is 1. The molecule has 2 N–H and O–H groups in total. The van der Waals surface area contributed by atoms with Gasteiger partial charge in [0.2, 0.25) is 5.88 Å². The van der Waals surface area contributed by atoms with Crippen LogP contribution in [0.15, 0.2) is 63.8 Å². The van der Waals surface area contributed by atoms with Crippen molar-refractivity contribution < 1.29 is 9.90 Å². The van der Waals surface area contributed by atoms with Crippen molar-refractivity contribution in [3.63, 3.8) is 0 Å². The second kappa shape index (κ2) is 6.49. The highest BCUT2D eigenvalue weighted by Crippen LogP contribution is 2.35. The number of aromatic hydroxyl groups is 1. The fourth-order valence-corrected chi connectivity index (χ4v) is 2.88. The molecule has 0 spiro atoms. The fraction of sp³-hybridized carbons (Fsp3) is 0.105. The van der Waals surface area contributed by atoms with E-state index in [0.717, 1.165) is 5.56 Å². The zero-order chi connectivity index (χ0) is 19.0. The van der Waals surface area contributed by atoms with E-state index in [1.807, 2.05) is 25.1 Å². The number of carbonyl (C=O) groups excluding carboxylic acids is 1. The van der Waals surface area contributed by atoms with Crippen LogP contribution in [-0.4, -0.2) is 25.5 Å². The molecule has 4 rings (SSSR count). The van der Waals surface area contributed by atoms with Crippen molar-refractivity contribution in [3.05, 3.63) is 64.7 Å². The third-order valence-corrected chi connectivity index (χ3v) is 4.21.